The van der Waals surface area contributed by atoms with Crippen LogP contribution in [-0.4, -0.2) is 55.0 Å². The van der Waals surface area contributed by atoms with Crippen molar-refractivity contribution >= 4 is 34.9 Å². The number of halogens is 2. The zero-order valence-electron chi connectivity index (χ0n) is 24.7. The Labute approximate surface area is 264 Å². The van der Waals surface area contributed by atoms with E-state index in [2.05, 4.69) is 50.0 Å². The van der Waals surface area contributed by atoms with Gasteiger partial charge in [-0.15, -0.1) is 5.10 Å². The molecule has 44 heavy (non-hydrogen) atoms. The van der Waals surface area contributed by atoms with Gasteiger partial charge >= 0.3 is 5.76 Å². The van der Waals surface area contributed by atoms with Crippen LogP contribution in [0.15, 0.2) is 39.7 Å². The Morgan fingerprint density at radius 1 is 1.07 bits per heavy atom. The number of nitrogens with zero attached hydrogens (tertiary/aromatic N) is 3. The molecule has 234 valence electrons. The molecule has 2 spiro atoms. The number of hydrogen-bond donors (Lipinski definition) is 5. The van der Waals surface area contributed by atoms with Gasteiger partial charge in [0.2, 0.25) is 11.8 Å². The quantitative estimate of drug-likeness (QED) is 0.261. The van der Waals surface area contributed by atoms with E-state index in [1.165, 1.54) is 0 Å². The summed E-state index contributed by atoms with van der Waals surface area (Å²) in [6.45, 7) is 4.55. The highest BCUT2D eigenvalue weighted by Gasteiger charge is 2.72. The summed E-state index contributed by atoms with van der Waals surface area (Å²) in [7, 11) is 0. The van der Waals surface area contributed by atoms with E-state index in [1.807, 2.05) is 12.1 Å². The summed E-state index contributed by atoms with van der Waals surface area (Å²) < 4.78 is 5.19. The maximum absolute atomic E-state index is 14.5. The molecule has 1 saturated heterocycles. The zero-order chi connectivity index (χ0) is 30.9. The lowest BCUT2D eigenvalue weighted by Gasteiger charge is -2.52. The summed E-state index contributed by atoms with van der Waals surface area (Å²) in [6, 6.07) is 6.68. The maximum atomic E-state index is 14.5. The third kappa shape index (κ3) is 4.74. The van der Waals surface area contributed by atoms with Crippen LogP contribution >= 0.6 is 23.2 Å². The number of H-pyrrole nitrogens is 1. The van der Waals surface area contributed by atoms with Crippen molar-refractivity contribution in [2.45, 2.75) is 106 Å². The molecule has 13 heteroatoms. The summed E-state index contributed by atoms with van der Waals surface area (Å²) in [6.07, 6.45) is 6.94. The normalized spacial score (nSPS) is 32.0. The molecule has 5 N–H and O–H groups in total. The molecular formula is C31H37Cl2N7O4. The number of aromatic nitrogens is 4. The fraction of sp³-hybridized carbons (Fsp3) is 0.581. The van der Waals surface area contributed by atoms with Crippen molar-refractivity contribution in [3.63, 3.8) is 0 Å². The third-order valence-corrected chi connectivity index (χ3v) is 11.2. The minimum Gasteiger partial charge on any atom is -0.392 e. The van der Waals surface area contributed by atoms with Crippen LogP contribution < -0.4 is 21.7 Å². The van der Waals surface area contributed by atoms with Gasteiger partial charge in [-0.3, -0.25) is 10.1 Å². The molecule has 5 heterocycles. The topological polar surface area (TPSA) is 158 Å². The minimum atomic E-state index is -1.04. The lowest BCUT2D eigenvalue weighted by molar-refractivity contribution is -0.124. The van der Waals surface area contributed by atoms with E-state index in [0.29, 0.717) is 22.0 Å². The fourth-order valence-electron chi connectivity index (χ4n) is 8.57. The molecule has 3 aromatic rings. The van der Waals surface area contributed by atoms with Crippen LogP contribution in [0, 0.1) is 5.41 Å². The Bertz CT molecular complexity index is 1620. The molecule has 7 rings (SSSR count). The molecule has 0 bridgehead atoms. The van der Waals surface area contributed by atoms with Crippen molar-refractivity contribution in [3.05, 3.63) is 68.3 Å². The van der Waals surface area contributed by atoms with Crippen LogP contribution in [0.5, 0.6) is 0 Å². The SMILES string of the molecule is CC1(C)CCC2(CC1)N[C@@H](C(=O)NC1CCC(c3n[nH]c(=O)o3)CC1)[C@H](c1ccnc(Cl)c1)[C@@]21c2ccc(Cl)nc2N[C@@H]1O. The number of rotatable bonds is 4. The molecule has 3 fully saturated rings. The molecule has 2 aliphatic carbocycles. The first kappa shape index (κ1) is 29.7. The number of carbonyl (C=O) groups is 1. The van der Waals surface area contributed by atoms with Crippen LogP contribution in [0.1, 0.15) is 94.1 Å². The van der Waals surface area contributed by atoms with E-state index in [4.69, 9.17) is 27.6 Å². The Morgan fingerprint density at radius 3 is 2.50 bits per heavy atom. The van der Waals surface area contributed by atoms with Crippen LogP contribution in [0.2, 0.25) is 10.3 Å². The second-order valence-corrected chi connectivity index (χ2v) is 14.5. The smallest absolute Gasteiger partial charge is 0.392 e. The monoisotopic (exact) mass is 641 g/mol. The largest absolute Gasteiger partial charge is 0.434 e. The summed E-state index contributed by atoms with van der Waals surface area (Å²) in [5.41, 5.74) is 0.232. The van der Waals surface area contributed by atoms with E-state index >= 15 is 0 Å². The van der Waals surface area contributed by atoms with E-state index in [1.54, 1.807) is 18.3 Å². The van der Waals surface area contributed by atoms with Crippen molar-refractivity contribution in [3.8, 4) is 0 Å². The maximum Gasteiger partial charge on any atom is 0.434 e. The van der Waals surface area contributed by atoms with Crippen LogP contribution in [0.25, 0.3) is 0 Å². The van der Waals surface area contributed by atoms with Crippen molar-refractivity contribution in [1.82, 2.24) is 30.8 Å². The molecular weight excluding hydrogens is 605 g/mol. The molecule has 4 atom stereocenters. The molecule has 0 radical (unpaired) electrons. The number of hydrogen-bond acceptors (Lipinski definition) is 9. The average Bonchev–Trinajstić information content (AvgIpc) is 3.64. The molecule has 4 aliphatic rings. The number of carbonyl (C=O) groups excluding carboxylic acids is 1. The highest BCUT2D eigenvalue weighted by Crippen LogP contribution is 2.64. The Morgan fingerprint density at radius 2 is 1.82 bits per heavy atom. The fourth-order valence-corrected chi connectivity index (χ4v) is 8.90. The van der Waals surface area contributed by atoms with E-state index in [9.17, 15) is 14.7 Å². The number of nitrogens with one attached hydrogen (secondary N) is 4. The highest BCUT2D eigenvalue weighted by atomic mass is 35.5. The minimum absolute atomic E-state index is 0.0334. The predicted molar refractivity (Wildman–Crippen MR) is 165 cm³/mol. The number of aromatic amines is 1. The lowest BCUT2D eigenvalue weighted by Crippen LogP contribution is -2.62. The van der Waals surface area contributed by atoms with Gasteiger partial charge < -0.3 is 20.2 Å². The van der Waals surface area contributed by atoms with E-state index in [-0.39, 0.29) is 23.3 Å². The van der Waals surface area contributed by atoms with Crippen molar-refractivity contribution < 1.29 is 14.3 Å². The zero-order valence-corrected chi connectivity index (χ0v) is 26.2. The second kappa shape index (κ2) is 10.8. The van der Waals surface area contributed by atoms with Crippen LogP contribution in [0.4, 0.5) is 5.82 Å². The average molecular weight is 643 g/mol. The number of anilines is 1. The van der Waals surface area contributed by atoms with Gasteiger partial charge in [0.1, 0.15) is 22.4 Å². The summed E-state index contributed by atoms with van der Waals surface area (Å²) in [5.74, 6) is -0.184. The Hall–Kier alpha value is -2.99. The van der Waals surface area contributed by atoms with E-state index < -0.39 is 34.9 Å². The van der Waals surface area contributed by atoms with E-state index in [0.717, 1.165) is 62.5 Å². The highest BCUT2D eigenvalue weighted by molar-refractivity contribution is 6.29. The van der Waals surface area contributed by atoms with Gasteiger partial charge in [-0.25, -0.2) is 19.9 Å². The Balaban J connectivity index is 1.27. The van der Waals surface area contributed by atoms with Crippen LogP contribution in [-0.2, 0) is 10.2 Å². The molecule has 2 aliphatic heterocycles. The Kier molecular flexibility index (Phi) is 7.31. The molecule has 2 saturated carbocycles. The summed E-state index contributed by atoms with van der Waals surface area (Å²) >= 11 is 12.8. The summed E-state index contributed by atoms with van der Waals surface area (Å²) in [5, 5.41) is 29.6. The first-order chi connectivity index (χ1) is 21.0. The van der Waals surface area contributed by atoms with Crippen molar-refractivity contribution in [2.24, 2.45) is 5.41 Å². The predicted octanol–water partition coefficient (Wildman–Crippen LogP) is 4.38. The molecule has 11 nitrogen and oxygen atoms in total. The lowest BCUT2D eigenvalue weighted by atomic mass is 9.53. The number of aliphatic hydroxyl groups excluding tert-OH is 1. The second-order valence-electron chi connectivity index (χ2n) is 13.7. The number of aliphatic hydroxyl groups is 1. The number of pyridine rings is 2. The van der Waals surface area contributed by atoms with Gasteiger partial charge in [-0.1, -0.05) is 43.1 Å². The summed E-state index contributed by atoms with van der Waals surface area (Å²) in [4.78, 5) is 34.7. The molecule has 1 amide bonds. The first-order valence-corrected chi connectivity index (χ1v) is 16.1. The van der Waals surface area contributed by atoms with Gasteiger partial charge in [0.05, 0.1) is 11.5 Å². The third-order valence-electron chi connectivity index (χ3n) is 10.8. The van der Waals surface area contributed by atoms with Gasteiger partial charge in [0.25, 0.3) is 0 Å². The van der Waals surface area contributed by atoms with Crippen molar-refractivity contribution in [1.29, 1.82) is 0 Å². The molecule has 3 aromatic heterocycles. The van der Waals surface area contributed by atoms with Gasteiger partial charge in [-0.2, -0.15) is 0 Å². The van der Waals surface area contributed by atoms with Gasteiger partial charge in [0.15, 0.2) is 0 Å². The number of amides is 1. The molecule has 0 unspecified atom stereocenters. The standard InChI is InChI=1S/C31H37Cl2N7O4/c1-29(2)10-12-30(13-11-29)31(19-7-8-20(32)36-24(19)37-27(31)42)22(17-9-14-34-21(33)15-17)23(38-30)25(41)35-18-5-3-16(4-6-18)26-39-40-28(43)44-26/h7-9,14-16,18,22-23,27,38,42H,3-6,10-13H2,1-2H3,(H,35,41)(H,36,37)(H,40,43)/t16?,18?,22-,23+,27+,31+/m0/s1. The first-order valence-electron chi connectivity index (χ1n) is 15.4. The van der Waals surface area contributed by atoms with Crippen LogP contribution in [0.3, 0.4) is 0 Å². The molecule has 0 aromatic carbocycles. The van der Waals surface area contributed by atoms with Gasteiger partial charge in [0, 0.05) is 35.2 Å². The van der Waals surface area contributed by atoms with Crippen molar-refractivity contribution in [2.75, 3.05) is 5.32 Å². The number of fused-ring (bicyclic) bond motifs is 3. The van der Waals surface area contributed by atoms with Gasteiger partial charge in [-0.05, 0) is 80.5 Å².